The molecule has 0 aromatic rings. The Balaban J connectivity index is 1.91. The van der Waals surface area contributed by atoms with Crippen molar-refractivity contribution >= 4 is 11.8 Å². The number of carbonyl (C=O) groups excluding carboxylic acids is 2. The Labute approximate surface area is 183 Å². The smallest absolute Gasteiger partial charge is 0.334 e. The van der Waals surface area contributed by atoms with Gasteiger partial charge in [-0.2, -0.15) is 0 Å². The monoisotopic (exact) mass is 430 g/mol. The van der Waals surface area contributed by atoms with E-state index in [2.05, 4.69) is 13.8 Å². The van der Waals surface area contributed by atoms with Gasteiger partial charge in [-0.25, -0.2) is 4.79 Å². The van der Waals surface area contributed by atoms with Gasteiger partial charge in [0.05, 0.1) is 12.0 Å². The molecule has 3 N–H and O–H groups in total. The summed E-state index contributed by atoms with van der Waals surface area (Å²) in [4.78, 5) is 26.8. The van der Waals surface area contributed by atoms with Gasteiger partial charge in [-0.3, -0.25) is 4.79 Å². The zero-order chi connectivity index (χ0) is 23.1. The molecule has 4 aliphatic rings. The molecule has 6 heteroatoms. The summed E-state index contributed by atoms with van der Waals surface area (Å²) in [6.07, 6.45) is 3.04. The first kappa shape index (κ1) is 22.4. The summed E-state index contributed by atoms with van der Waals surface area (Å²) in [5.41, 5.74) is -2.36. The van der Waals surface area contributed by atoms with Crippen LogP contribution in [-0.2, 0) is 14.3 Å². The molecule has 6 nitrogen and oxygen atoms in total. The summed E-state index contributed by atoms with van der Waals surface area (Å²) in [6.45, 7) is 10.8. The third kappa shape index (κ3) is 2.61. The van der Waals surface area contributed by atoms with E-state index in [0.717, 1.165) is 6.42 Å². The molecule has 8 atom stereocenters. The number of allylic oxidation sites excluding steroid dienone is 2. The Bertz CT molecular complexity index is 926. The maximum atomic E-state index is 14.2. The highest BCUT2D eigenvalue weighted by Gasteiger charge is 2.76. The first-order valence-electron chi connectivity index (χ1n) is 11.2. The average molecular weight is 431 g/mol. The zero-order valence-electron chi connectivity index (χ0n) is 19.2. The number of esters is 1. The molecule has 4 rings (SSSR count). The van der Waals surface area contributed by atoms with Crippen LogP contribution in [0.1, 0.15) is 48.0 Å². The topological polar surface area (TPSA) is 104 Å². The molecule has 0 saturated heterocycles. The number of rotatable bonds is 3. The van der Waals surface area contributed by atoms with E-state index >= 15 is 0 Å². The number of ketones is 1. The van der Waals surface area contributed by atoms with E-state index in [4.69, 9.17) is 4.74 Å². The largest absolute Gasteiger partial charge is 0.451 e. The van der Waals surface area contributed by atoms with Crippen molar-refractivity contribution in [2.45, 2.75) is 65.8 Å². The van der Waals surface area contributed by atoms with Gasteiger partial charge in [-0.1, -0.05) is 39.0 Å². The number of Topliss-reactive ketones (excluding diaryl/α,β-unsaturated/α-hetero) is 1. The van der Waals surface area contributed by atoms with Gasteiger partial charge in [0.25, 0.3) is 0 Å². The SMILES string of the molecule is C/C=C(/C)C(=O)O[C@H]1C(C)=CC23C(=O)[C@@H](C=C(CO)[C@@H](O)[C@]12O)[C@H]1C(C[C@H]3C)C1(C)C. The summed E-state index contributed by atoms with van der Waals surface area (Å²) in [5.74, 6) is -1.13. The van der Waals surface area contributed by atoms with Crippen LogP contribution in [-0.4, -0.2) is 51.5 Å². The summed E-state index contributed by atoms with van der Waals surface area (Å²) >= 11 is 0. The standard InChI is InChI=1S/C25H34O6/c1-7-12(2)22(29)31-21-13(3)10-24-14(4)8-17-18(23(17,5)6)16(20(24)28)9-15(11-26)19(27)25(21,24)30/h7,9-10,14,16-19,21,26-27,30H,8,11H2,1-6H3/b12-7-/t14-,16+,17?,18+,19-,21+,24?,25+/m1/s1. The van der Waals surface area contributed by atoms with E-state index in [9.17, 15) is 24.9 Å². The molecule has 31 heavy (non-hydrogen) atoms. The second-order valence-electron chi connectivity index (χ2n) is 10.6. The molecule has 2 unspecified atom stereocenters. The van der Waals surface area contributed by atoms with Gasteiger partial charge in [-0.15, -0.1) is 0 Å². The van der Waals surface area contributed by atoms with Crippen LogP contribution in [0.15, 0.2) is 34.9 Å². The Hall–Kier alpha value is -1.76. The summed E-state index contributed by atoms with van der Waals surface area (Å²) in [6, 6.07) is 0. The molecule has 0 radical (unpaired) electrons. The van der Waals surface area contributed by atoms with E-state index in [0.29, 0.717) is 17.1 Å². The minimum Gasteiger partial charge on any atom is -0.451 e. The van der Waals surface area contributed by atoms with Crippen molar-refractivity contribution in [3.63, 3.8) is 0 Å². The van der Waals surface area contributed by atoms with Crippen LogP contribution >= 0.6 is 0 Å². The number of aliphatic hydroxyl groups excluding tert-OH is 2. The van der Waals surface area contributed by atoms with E-state index in [1.54, 1.807) is 39.0 Å². The molecule has 0 aromatic carbocycles. The van der Waals surface area contributed by atoms with E-state index in [1.807, 2.05) is 6.92 Å². The van der Waals surface area contributed by atoms with Crippen molar-refractivity contribution in [3.8, 4) is 0 Å². The van der Waals surface area contributed by atoms with Crippen molar-refractivity contribution in [2.24, 2.45) is 34.5 Å². The van der Waals surface area contributed by atoms with Crippen LogP contribution in [0.4, 0.5) is 0 Å². The van der Waals surface area contributed by atoms with Gasteiger partial charge >= 0.3 is 5.97 Å². The van der Waals surface area contributed by atoms with Crippen molar-refractivity contribution in [3.05, 3.63) is 34.9 Å². The molecule has 0 aliphatic heterocycles. The second-order valence-corrected chi connectivity index (χ2v) is 10.6. The maximum absolute atomic E-state index is 14.2. The number of aliphatic hydroxyl groups is 3. The third-order valence-electron chi connectivity index (χ3n) is 8.88. The molecule has 170 valence electrons. The molecule has 0 amide bonds. The Morgan fingerprint density at radius 3 is 2.58 bits per heavy atom. The highest BCUT2D eigenvalue weighted by molar-refractivity contribution is 5.96. The highest BCUT2D eigenvalue weighted by atomic mass is 16.6. The van der Waals surface area contributed by atoms with Crippen molar-refractivity contribution < 1.29 is 29.6 Å². The Kier molecular flexibility index (Phi) is 4.97. The molecular weight excluding hydrogens is 396 g/mol. The molecule has 0 aromatic heterocycles. The van der Waals surface area contributed by atoms with Crippen LogP contribution in [0.5, 0.6) is 0 Å². The predicted octanol–water partition coefficient (Wildman–Crippen LogP) is 2.33. The van der Waals surface area contributed by atoms with E-state index < -0.39 is 41.7 Å². The van der Waals surface area contributed by atoms with Crippen LogP contribution in [0.3, 0.4) is 0 Å². The van der Waals surface area contributed by atoms with Crippen LogP contribution in [0.25, 0.3) is 0 Å². The molecular formula is C25H34O6. The average Bonchev–Trinajstić information content (AvgIpc) is 3.21. The van der Waals surface area contributed by atoms with Gasteiger partial charge in [0.15, 0.2) is 17.5 Å². The lowest BCUT2D eigenvalue weighted by atomic mass is 9.59. The van der Waals surface area contributed by atoms with Crippen LogP contribution in [0.2, 0.25) is 0 Å². The first-order valence-corrected chi connectivity index (χ1v) is 11.2. The fourth-order valence-corrected chi connectivity index (χ4v) is 6.91. The number of fused-ring (bicyclic) bond motifs is 3. The van der Waals surface area contributed by atoms with Crippen molar-refractivity contribution in [1.29, 1.82) is 0 Å². The number of hydrogen-bond donors (Lipinski definition) is 3. The van der Waals surface area contributed by atoms with Crippen LogP contribution < -0.4 is 0 Å². The number of hydrogen-bond acceptors (Lipinski definition) is 6. The predicted molar refractivity (Wildman–Crippen MR) is 115 cm³/mol. The summed E-state index contributed by atoms with van der Waals surface area (Å²) in [7, 11) is 0. The Morgan fingerprint density at radius 2 is 2.00 bits per heavy atom. The lowest BCUT2D eigenvalue weighted by Crippen LogP contribution is -2.65. The van der Waals surface area contributed by atoms with E-state index in [-0.39, 0.29) is 28.6 Å². The third-order valence-corrected chi connectivity index (χ3v) is 8.88. The minimum absolute atomic E-state index is 0.0209. The van der Waals surface area contributed by atoms with Crippen LogP contribution in [0, 0.1) is 34.5 Å². The van der Waals surface area contributed by atoms with Gasteiger partial charge in [0.1, 0.15) is 6.10 Å². The fourth-order valence-electron chi connectivity index (χ4n) is 6.91. The minimum atomic E-state index is -2.08. The molecule has 2 bridgehead atoms. The molecule has 2 fully saturated rings. The highest BCUT2D eigenvalue weighted by Crippen LogP contribution is 2.71. The molecule has 0 heterocycles. The molecule has 4 aliphatic carbocycles. The normalized spacial score (nSPS) is 45.6. The Morgan fingerprint density at radius 1 is 1.35 bits per heavy atom. The van der Waals surface area contributed by atoms with E-state index in [1.165, 1.54) is 0 Å². The zero-order valence-corrected chi connectivity index (χ0v) is 19.2. The van der Waals surface area contributed by atoms with Gasteiger partial charge in [0, 0.05) is 11.5 Å². The summed E-state index contributed by atoms with van der Waals surface area (Å²) < 4.78 is 5.72. The summed E-state index contributed by atoms with van der Waals surface area (Å²) in [5, 5.41) is 33.7. The lowest BCUT2D eigenvalue weighted by Gasteiger charge is -2.48. The maximum Gasteiger partial charge on any atom is 0.334 e. The fraction of sp³-hybridized carbons (Fsp3) is 0.680. The van der Waals surface area contributed by atoms with Gasteiger partial charge in [-0.05, 0) is 61.5 Å². The quantitative estimate of drug-likeness (QED) is 0.361. The van der Waals surface area contributed by atoms with Crippen molar-refractivity contribution in [1.82, 2.24) is 0 Å². The second kappa shape index (κ2) is 6.87. The van der Waals surface area contributed by atoms with Crippen molar-refractivity contribution in [2.75, 3.05) is 6.61 Å². The first-order chi connectivity index (χ1) is 14.4. The molecule has 2 saturated carbocycles. The number of ether oxygens (including phenoxy) is 1. The number of carbonyl (C=O) groups is 2. The van der Waals surface area contributed by atoms with Gasteiger partial charge in [0.2, 0.25) is 0 Å². The lowest BCUT2D eigenvalue weighted by molar-refractivity contribution is -0.201. The van der Waals surface area contributed by atoms with Gasteiger partial charge < -0.3 is 20.1 Å². The molecule has 1 spiro atoms.